The average molecular weight is 484 g/mol. The summed E-state index contributed by atoms with van der Waals surface area (Å²) in [4.78, 5) is 4.65. The molecule has 0 fully saturated rings. The molecule has 1 nitrogen and oxygen atoms in total. The van der Waals surface area contributed by atoms with Crippen molar-refractivity contribution in [3.05, 3.63) is 138 Å². The molecule has 0 saturated carbocycles. The molecule has 1 heteroatoms. The van der Waals surface area contributed by atoms with Crippen molar-refractivity contribution >= 4 is 54.9 Å². The van der Waals surface area contributed by atoms with Crippen LogP contribution in [0.3, 0.4) is 0 Å². The maximum atomic E-state index is 4.65. The summed E-state index contributed by atoms with van der Waals surface area (Å²) in [5.41, 5.74) is 9.15. The number of para-hydroxylation sites is 1. The van der Waals surface area contributed by atoms with Gasteiger partial charge in [-0.1, -0.05) is 103 Å². The molecule has 0 radical (unpaired) electrons. The Kier molecular flexibility index (Phi) is 4.72. The van der Waals surface area contributed by atoms with Crippen molar-refractivity contribution < 1.29 is 0 Å². The fourth-order valence-electron chi connectivity index (χ4n) is 6.46. The third kappa shape index (κ3) is 3.22. The summed E-state index contributed by atoms with van der Waals surface area (Å²) in [6.07, 6.45) is 6.49. The van der Waals surface area contributed by atoms with Gasteiger partial charge in [-0.15, -0.1) is 0 Å². The zero-order valence-electron chi connectivity index (χ0n) is 21.0. The van der Waals surface area contributed by atoms with Crippen molar-refractivity contribution in [2.24, 2.45) is 0 Å². The van der Waals surface area contributed by atoms with Gasteiger partial charge in [0.25, 0.3) is 0 Å². The summed E-state index contributed by atoms with van der Waals surface area (Å²) in [5, 5.41) is 9.04. The first kappa shape index (κ1) is 21.3. The van der Waals surface area contributed by atoms with Crippen LogP contribution in [0.2, 0.25) is 0 Å². The van der Waals surface area contributed by atoms with Crippen LogP contribution in [-0.2, 0) is 6.42 Å². The van der Waals surface area contributed by atoms with Gasteiger partial charge in [0.05, 0.1) is 5.52 Å². The van der Waals surface area contributed by atoms with Crippen molar-refractivity contribution in [3.8, 4) is 11.1 Å². The van der Waals surface area contributed by atoms with Crippen molar-refractivity contribution in [1.29, 1.82) is 0 Å². The Hall–Kier alpha value is -4.75. The Labute approximate surface area is 221 Å². The van der Waals surface area contributed by atoms with Crippen LogP contribution in [0.15, 0.2) is 121 Å². The van der Waals surface area contributed by atoms with E-state index in [9.17, 15) is 0 Å². The molecule has 8 rings (SSSR count). The van der Waals surface area contributed by atoms with E-state index in [4.69, 9.17) is 0 Å². The molecule has 0 unspecified atom stereocenters. The van der Waals surface area contributed by atoms with Crippen molar-refractivity contribution in [1.82, 2.24) is 4.98 Å². The van der Waals surface area contributed by atoms with Gasteiger partial charge in [0, 0.05) is 11.6 Å². The second kappa shape index (κ2) is 8.39. The van der Waals surface area contributed by atoms with Gasteiger partial charge >= 0.3 is 0 Å². The summed E-state index contributed by atoms with van der Waals surface area (Å²) in [5.74, 6) is 0. The molecule has 1 aliphatic carbocycles. The minimum absolute atomic E-state index is 1.03. The van der Waals surface area contributed by atoms with Gasteiger partial charge in [-0.25, -0.2) is 0 Å². The van der Waals surface area contributed by atoms with Crippen LogP contribution in [-0.4, -0.2) is 4.98 Å². The van der Waals surface area contributed by atoms with Gasteiger partial charge in [0.1, 0.15) is 0 Å². The van der Waals surface area contributed by atoms with Crippen molar-refractivity contribution in [3.63, 3.8) is 0 Å². The molecule has 0 N–H and O–H groups in total. The van der Waals surface area contributed by atoms with Gasteiger partial charge in [-0.3, -0.25) is 4.98 Å². The number of aryl methyl sites for hydroxylation is 1. The van der Waals surface area contributed by atoms with Gasteiger partial charge in [0.2, 0.25) is 0 Å². The normalized spacial score (nSPS) is 13.2. The van der Waals surface area contributed by atoms with E-state index in [0.717, 1.165) is 18.4 Å². The largest absolute Gasteiger partial charge is 0.256 e. The first-order valence-electron chi connectivity index (χ1n) is 13.4. The quantitative estimate of drug-likeness (QED) is 0.223. The van der Waals surface area contributed by atoms with Gasteiger partial charge < -0.3 is 0 Å². The fourth-order valence-corrected chi connectivity index (χ4v) is 6.46. The number of pyridine rings is 1. The van der Waals surface area contributed by atoms with E-state index in [-0.39, 0.29) is 0 Å². The van der Waals surface area contributed by atoms with Gasteiger partial charge in [-0.05, 0) is 96.7 Å². The number of hydrogen-bond acceptors (Lipinski definition) is 1. The standard InChI is InChI=1S/C37H25N/c1-2-10-25-22-28-23-27(18-17-26(28)21-24(25)9-1)36-30-12-3-5-14-32(30)37(33-15-6-4-13-31(33)36)34-19-20-38-35-16-8-7-11-29(34)35/h1-16,19-23H,17-18H2. The molecular weight excluding hydrogens is 458 g/mol. The van der Waals surface area contributed by atoms with Crippen LogP contribution in [0.25, 0.3) is 66.0 Å². The van der Waals surface area contributed by atoms with E-state index < -0.39 is 0 Å². The third-order valence-electron chi connectivity index (χ3n) is 8.17. The van der Waals surface area contributed by atoms with Crippen molar-refractivity contribution in [2.75, 3.05) is 0 Å². The van der Waals surface area contributed by atoms with E-state index in [1.54, 1.807) is 0 Å². The summed E-state index contributed by atoms with van der Waals surface area (Å²) < 4.78 is 0. The molecule has 0 atom stereocenters. The molecule has 0 amide bonds. The summed E-state index contributed by atoms with van der Waals surface area (Å²) in [7, 11) is 0. The van der Waals surface area contributed by atoms with E-state index >= 15 is 0 Å². The molecule has 178 valence electrons. The molecule has 0 bridgehead atoms. The lowest BCUT2D eigenvalue weighted by Gasteiger charge is -2.23. The first-order chi connectivity index (χ1) is 18.8. The predicted molar refractivity (Wildman–Crippen MR) is 162 cm³/mol. The van der Waals surface area contributed by atoms with Crippen LogP contribution >= 0.6 is 0 Å². The summed E-state index contributed by atoms with van der Waals surface area (Å²) >= 11 is 0. The highest BCUT2D eigenvalue weighted by molar-refractivity contribution is 6.22. The Morgan fingerprint density at radius 3 is 1.79 bits per heavy atom. The summed E-state index contributed by atoms with van der Waals surface area (Å²) in [6.45, 7) is 0. The zero-order valence-corrected chi connectivity index (χ0v) is 21.0. The van der Waals surface area contributed by atoms with Crippen LogP contribution < -0.4 is 0 Å². The monoisotopic (exact) mass is 483 g/mol. The number of nitrogens with zero attached hydrogens (tertiary/aromatic N) is 1. The second-order valence-electron chi connectivity index (χ2n) is 10.3. The molecule has 0 aliphatic heterocycles. The Bertz CT molecular complexity index is 2020. The molecule has 0 spiro atoms. The Morgan fingerprint density at radius 1 is 0.500 bits per heavy atom. The molecule has 1 heterocycles. The van der Waals surface area contributed by atoms with Gasteiger partial charge in [0.15, 0.2) is 0 Å². The number of rotatable bonds is 2. The smallest absolute Gasteiger partial charge is 0.0708 e. The number of hydrogen-bond donors (Lipinski definition) is 0. The molecular formula is C37H25N. The van der Waals surface area contributed by atoms with E-state index in [1.165, 1.54) is 71.1 Å². The van der Waals surface area contributed by atoms with E-state index in [2.05, 4.69) is 126 Å². The molecule has 7 aromatic rings. The topological polar surface area (TPSA) is 12.9 Å². The second-order valence-corrected chi connectivity index (χ2v) is 10.3. The predicted octanol–water partition coefficient (Wildman–Crippen LogP) is 9.85. The first-order valence-corrected chi connectivity index (χ1v) is 13.4. The Balaban J connectivity index is 1.45. The van der Waals surface area contributed by atoms with Crippen LogP contribution in [0.1, 0.15) is 23.1 Å². The van der Waals surface area contributed by atoms with Crippen LogP contribution in [0, 0.1) is 0 Å². The van der Waals surface area contributed by atoms with Crippen LogP contribution in [0.5, 0.6) is 0 Å². The van der Waals surface area contributed by atoms with Crippen molar-refractivity contribution in [2.45, 2.75) is 12.8 Å². The minimum atomic E-state index is 1.03. The molecule has 38 heavy (non-hydrogen) atoms. The average Bonchev–Trinajstić information content (AvgIpc) is 2.98. The molecule has 1 aliphatic rings. The minimum Gasteiger partial charge on any atom is -0.256 e. The van der Waals surface area contributed by atoms with E-state index in [1.807, 2.05) is 6.20 Å². The lowest BCUT2D eigenvalue weighted by Crippen LogP contribution is -2.01. The number of allylic oxidation sites excluding steroid dienone is 1. The lowest BCUT2D eigenvalue weighted by atomic mass is 9.81. The lowest BCUT2D eigenvalue weighted by molar-refractivity contribution is 1.01. The maximum Gasteiger partial charge on any atom is 0.0708 e. The maximum absolute atomic E-state index is 4.65. The molecule has 6 aromatic carbocycles. The summed E-state index contributed by atoms with van der Waals surface area (Å²) in [6, 6.07) is 42.0. The number of fused-ring (bicyclic) bond motifs is 5. The highest BCUT2D eigenvalue weighted by Crippen LogP contribution is 2.45. The number of benzene rings is 6. The highest BCUT2D eigenvalue weighted by atomic mass is 14.6. The van der Waals surface area contributed by atoms with E-state index in [0.29, 0.717) is 0 Å². The van der Waals surface area contributed by atoms with Crippen LogP contribution in [0.4, 0.5) is 0 Å². The van der Waals surface area contributed by atoms with Gasteiger partial charge in [-0.2, -0.15) is 0 Å². The third-order valence-corrected chi connectivity index (χ3v) is 8.17. The zero-order chi connectivity index (χ0) is 25.1. The number of aromatic nitrogens is 1. The SMILES string of the molecule is C1=C(c2c3ccccc3c(-c3ccnc4ccccc34)c3ccccc23)CCc2cc3ccccc3cc21. The fraction of sp³-hybridized carbons (Fsp3) is 0.0541. The molecule has 1 aromatic heterocycles. The molecule has 0 saturated heterocycles. The highest BCUT2D eigenvalue weighted by Gasteiger charge is 2.21. The Morgan fingerprint density at radius 2 is 1.08 bits per heavy atom.